The number of benzene rings is 1. The van der Waals surface area contributed by atoms with Crippen molar-refractivity contribution in [3.63, 3.8) is 0 Å². The number of ether oxygens (including phenoxy) is 2. The molecule has 2 N–H and O–H groups in total. The van der Waals surface area contributed by atoms with Gasteiger partial charge in [-0.25, -0.2) is 4.79 Å². The first-order valence-electron chi connectivity index (χ1n) is 6.38. The lowest BCUT2D eigenvalue weighted by molar-refractivity contribution is -0.136. The molecule has 0 saturated carbocycles. The van der Waals surface area contributed by atoms with E-state index >= 15 is 0 Å². The lowest BCUT2D eigenvalue weighted by Crippen LogP contribution is -2.01. The summed E-state index contributed by atoms with van der Waals surface area (Å²) in [6.45, 7) is 2.00. The third-order valence-corrected chi connectivity index (χ3v) is 3.25. The SMILES string of the molecule is CO/C(=C\C=C\c1[nH]c2ccc(OC)cc2c1C)C(=O)O. The average Bonchev–Trinajstić information content (AvgIpc) is 2.79. The third-order valence-electron chi connectivity index (χ3n) is 3.25. The largest absolute Gasteiger partial charge is 0.497 e. The van der Waals surface area contributed by atoms with Gasteiger partial charge in [0.15, 0.2) is 0 Å². The number of aryl methyl sites for hydroxylation is 1. The quantitative estimate of drug-likeness (QED) is 0.503. The number of nitrogens with one attached hydrogen (secondary N) is 1. The summed E-state index contributed by atoms with van der Waals surface area (Å²) in [7, 11) is 2.96. The van der Waals surface area contributed by atoms with Crippen LogP contribution in [0.1, 0.15) is 11.3 Å². The number of carbonyl (C=O) groups is 1. The number of hydrogen-bond acceptors (Lipinski definition) is 3. The summed E-state index contributed by atoms with van der Waals surface area (Å²) in [5, 5.41) is 9.92. The standard InChI is InChI=1S/C16H17NO4/c1-10-12-9-11(20-2)7-8-14(12)17-13(10)5-4-6-15(21-3)16(18)19/h4-9,17H,1-3H3,(H,18,19)/b5-4+,15-6-. The maximum absolute atomic E-state index is 10.8. The normalized spacial score (nSPS) is 12.0. The highest BCUT2D eigenvalue weighted by Gasteiger charge is 2.07. The van der Waals surface area contributed by atoms with E-state index in [2.05, 4.69) is 4.98 Å². The Bertz CT molecular complexity index is 725. The van der Waals surface area contributed by atoms with E-state index in [4.69, 9.17) is 14.6 Å². The number of aromatic nitrogens is 1. The first-order valence-corrected chi connectivity index (χ1v) is 6.38. The second-order valence-electron chi connectivity index (χ2n) is 4.47. The highest BCUT2D eigenvalue weighted by Crippen LogP contribution is 2.26. The average molecular weight is 287 g/mol. The molecule has 0 spiro atoms. The molecule has 2 aromatic rings. The number of aliphatic carboxylic acids is 1. The monoisotopic (exact) mass is 287 g/mol. The van der Waals surface area contributed by atoms with Crippen LogP contribution in [-0.4, -0.2) is 30.3 Å². The molecule has 0 fully saturated rings. The summed E-state index contributed by atoms with van der Waals surface area (Å²) in [4.78, 5) is 14.1. The zero-order chi connectivity index (χ0) is 15.4. The van der Waals surface area contributed by atoms with Gasteiger partial charge in [-0.05, 0) is 42.8 Å². The summed E-state index contributed by atoms with van der Waals surface area (Å²) >= 11 is 0. The van der Waals surface area contributed by atoms with E-state index in [9.17, 15) is 4.79 Å². The van der Waals surface area contributed by atoms with Gasteiger partial charge in [0.1, 0.15) is 5.75 Å². The first kappa shape index (κ1) is 14.7. The molecule has 1 heterocycles. The van der Waals surface area contributed by atoms with E-state index in [0.717, 1.165) is 27.9 Å². The minimum absolute atomic E-state index is 0.110. The number of H-pyrrole nitrogens is 1. The molecule has 0 saturated heterocycles. The molecule has 0 aliphatic carbocycles. The van der Waals surface area contributed by atoms with Gasteiger partial charge in [0, 0.05) is 16.6 Å². The van der Waals surface area contributed by atoms with Gasteiger partial charge in [0.05, 0.1) is 14.2 Å². The van der Waals surface area contributed by atoms with Crippen LogP contribution in [0.4, 0.5) is 0 Å². The maximum atomic E-state index is 10.8. The second kappa shape index (κ2) is 6.17. The molecule has 1 aromatic heterocycles. The lowest BCUT2D eigenvalue weighted by Gasteiger charge is -1.98. The highest BCUT2D eigenvalue weighted by atomic mass is 16.5. The molecule has 0 bridgehead atoms. The van der Waals surface area contributed by atoms with Gasteiger partial charge in [0.2, 0.25) is 5.76 Å². The van der Waals surface area contributed by atoms with Crippen molar-refractivity contribution in [2.75, 3.05) is 14.2 Å². The van der Waals surface area contributed by atoms with Gasteiger partial charge in [-0.3, -0.25) is 0 Å². The second-order valence-corrected chi connectivity index (χ2v) is 4.47. The van der Waals surface area contributed by atoms with Crippen molar-refractivity contribution in [3.8, 4) is 5.75 Å². The van der Waals surface area contributed by atoms with Crippen molar-refractivity contribution in [1.29, 1.82) is 0 Å². The zero-order valence-electron chi connectivity index (χ0n) is 12.1. The third kappa shape index (κ3) is 3.08. The van der Waals surface area contributed by atoms with Crippen LogP contribution < -0.4 is 4.74 Å². The number of allylic oxidation sites excluding steroid dienone is 2. The minimum Gasteiger partial charge on any atom is -0.497 e. The van der Waals surface area contributed by atoms with Gasteiger partial charge >= 0.3 is 5.97 Å². The Kier molecular flexibility index (Phi) is 4.33. The van der Waals surface area contributed by atoms with Crippen molar-refractivity contribution in [2.45, 2.75) is 6.92 Å². The Morgan fingerprint density at radius 1 is 1.33 bits per heavy atom. The van der Waals surface area contributed by atoms with Gasteiger partial charge < -0.3 is 19.6 Å². The molecule has 0 aliphatic rings. The Morgan fingerprint density at radius 3 is 2.71 bits per heavy atom. The van der Waals surface area contributed by atoms with E-state index < -0.39 is 5.97 Å². The molecule has 0 atom stereocenters. The molecular weight excluding hydrogens is 270 g/mol. The molecule has 0 unspecified atom stereocenters. The number of hydrogen-bond donors (Lipinski definition) is 2. The number of fused-ring (bicyclic) bond motifs is 1. The molecule has 5 heteroatoms. The topological polar surface area (TPSA) is 71.5 Å². The zero-order valence-corrected chi connectivity index (χ0v) is 12.1. The predicted molar refractivity (Wildman–Crippen MR) is 81.3 cm³/mol. The first-order chi connectivity index (χ1) is 10.1. The fourth-order valence-corrected chi connectivity index (χ4v) is 2.08. The van der Waals surface area contributed by atoms with Crippen LogP contribution in [0.2, 0.25) is 0 Å². The highest BCUT2D eigenvalue weighted by molar-refractivity contribution is 5.88. The maximum Gasteiger partial charge on any atom is 0.371 e. The van der Waals surface area contributed by atoms with Gasteiger partial charge in [-0.1, -0.05) is 6.08 Å². The Balaban J connectivity index is 2.35. The van der Waals surface area contributed by atoms with Crippen LogP contribution in [0.3, 0.4) is 0 Å². The van der Waals surface area contributed by atoms with Crippen LogP contribution in [0, 0.1) is 6.92 Å². The summed E-state index contributed by atoms with van der Waals surface area (Å²) in [5.41, 5.74) is 2.99. The van der Waals surface area contributed by atoms with Crippen LogP contribution in [0.15, 0.2) is 36.1 Å². The number of carboxylic acid groups (broad SMARTS) is 1. The summed E-state index contributed by atoms with van der Waals surface area (Å²) < 4.78 is 9.97. The number of carboxylic acids is 1. The van der Waals surface area contributed by atoms with E-state index in [0.29, 0.717) is 0 Å². The fraction of sp³-hybridized carbons (Fsp3) is 0.188. The Hall–Kier alpha value is -2.69. The van der Waals surface area contributed by atoms with Crippen molar-refractivity contribution >= 4 is 22.9 Å². The van der Waals surface area contributed by atoms with Crippen molar-refractivity contribution in [3.05, 3.63) is 47.4 Å². The lowest BCUT2D eigenvalue weighted by atomic mass is 10.1. The number of rotatable bonds is 5. The molecule has 0 aliphatic heterocycles. The van der Waals surface area contributed by atoms with Gasteiger partial charge in [-0.2, -0.15) is 0 Å². The molecule has 21 heavy (non-hydrogen) atoms. The van der Waals surface area contributed by atoms with E-state index in [1.807, 2.05) is 31.2 Å². The minimum atomic E-state index is -1.10. The van der Waals surface area contributed by atoms with Crippen LogP contribution in [-0.2, 0) is 9.53 Å². The Labute approximate surface area is 122 Å². The molecule has 5 nitrogen and oxygen atoms in total. The van der Waals surface area contributed by atoms with Crippen molar-refractivity contribution in [2.24, 2.45) is 0 Å². The molecular formula is C16H17NO4. The molecule has 0 amide bonds. The van der Waals surface area contributed by atoms with E-state index in [-0.39, 0.29) is 5.76 Å². The summed E-state index contributed by atoms with van der Waals surface area (Å²) in [5.74, 6) is -0.408. The predicted octanol–water partition coefficient (Wildman–Crippen LogP) is 3.11. The van der Waals surface area contributed by atoms with Crippen molar-refractivity contribution in [1.82, 2.24) is 4.98 Å². The molecule has 0 radical (unpaired) electrons. The molecule has 1 aromatic carbocycles. The van der Waals surface area contributed by atoms with Crippen LogP contribution in [0.25, 0.3) is 17.0 Å². The summed E-state index contributed by atoms with van der Waals surface area (Å²) in [6, 6.07) is 5.80. The van der Waals surface area contributed by atoms with E-state index in [1.165, 1.54) is 13.2 Å². The van der Waals surface area contributed by atoms with Crippen LogP contribution >= 0.6 is 0 Å². The molecule has 2 rings (SSSR count). The number of aromatic amines is 1. The smallest absolute Gasteiger partial charge is 0.371 e. The van der Waals surface area contributed by atoms with E-state index in [1.54, 1.807) is 13.2 Å². The van der Waals surface area contributed by atoms with Crippen LogP contribution in [0.5, 0.6) is 5.75 Å². The van der Waals surface area contributed by atoms with Gasteiger partial charge in [0.25, 0.3) is 0 Å². The fourth-order valence-electron chi connectivity index (χ4n) is 2.08. The number of methoxy groups -OCH3 is 2. The van der Waals surface area contributed by atoms with Crippen molar-refractivity contribution < 1.29 is 19.4 Å². The van der Waals surface area contributed by atoms with Gasteiger partial charge in [-0.15, -0.1) is 0 Å². The Morgan fingerprint density at radius 2 is 2.10 bits per heavy atom. The molecule has 110 valence electrons. The summed E-state index contributed by atoms with van der Waals surface area (Å²) in [6.07, 6.45) is 4.86.